The molecule has 0 atom stereocenters. The molecule has 0 spiro atoms. The summed E-state index contributed by atoms with van der Waals surface area (Å²) in [6.45, 7) is 0.681. The van der Waals surface area contributed by atoms with Gasteiger partial charge in [0.05, 0.1) is 0 Å². The molecule has 4 heteroatoms. The fourth-order valence-corrected chi connectivity index (χ4v) is 2.24. The number of rotatable bonds is 3. The summed E-state index contributed by atoms with van der Waals surface area (Å²) in [7, 11) is 0. The predicted octanol–water partition coefficient (Wildman–Crippen LogP) is 1.32. The summed E-state index contributed by atoms with van der Waals surface area (Å²) >= 11 is 0. The van der Waals surface area contributed by atoms with Crippen LogP contribution in [-0.4, -0.2) is 24.2 Å². The maximum Gasteiger partial charge on any atom is 0.226 e. The summed E-state index contributed by atoms with van der Waals surface area (Å²) in [5, 5.41) is 8.89. The van der Waals surface area contributed by atoms with Crippen LogP contribution < -0.4 is 10.6 Å². The van der Waals surface area contributed by atoms with Gasteiger partial charge in [-0.2, -0.15) is 0 Å². The molecule has 17 heavy (non-hydrogen) atoms. The molecule has 1 amide bonds. The van der Waals surface area contributed by atoms with Crippen LogP contribution in [0.5, 0.6) is 0 Å². The molecule has 4 nitrogen and oxygen atoms in total. The molecule has 0 aliphatic carbocycles. The van der Waals surface area contributed by atoms with Crippen molar-refractivity contribution >= 4 is 17.3 Å². The van der Waals surface area contributed by atoms with E-state index < -0.39 is 0 Å². The molecule has 2 rings (SSSR count). The van der Waals surface area contributed by atoms with Crippen molar-refractivity contribution in [2.45, 2.75) is 25.7 Å². The molecule has 1 aliphatic heterocycles. The molecule has 0 saturated heterocycles. The summed E-state index contributed by atoms with van der Waals surface area (Å²) in [6.07, 6.45) is 2.93. The number of carbonyl (C=O) groups excluding carboxylic acids is 1. The van der Waals surface area contributed by atoms with Crippen molar-refractivity contribution in [1.29, 1.82) is 0 Å². The van der Waals surface area contributed by atoms with E-state index in [0.29, 0.717) is 19.4 Å². The number of nitrogen functional groups attached to an aromatic ring is 1. The summed E-state index contributed by atoms with van der Waals surface area (Å²) in [5.74, 6) is 0.141. The molecular formula is C13H18N2O2. The highest BCUT2D eigenvalue weighted by Crippen LogP contribution is 2.28. The van der Waals surface area contributed by atoms with Crippen molar-refractivity contribution in [3.05, 3.63) is 23.8 Å². The Kier molecular flexibility index (Phi) is 3.64. The van der Waals surface area contributed by atoms with Gasteiger partial charge in [0.2, 0.25) is 5.91 Å². The van der Waals surface area contributed by atoms with Crippen molar-refractivity contribution in [2.75, 3.05) is 23.8 Å². The first-order valence-corrected chi connectivity index (χ1v) is 6.02. The lowest BCUT2D eigenvalue weighted by Gasteiger charge is -2.22. The van der Waals surface area contributed by atoms with Crippen LogP contribution in [0.3, 0.4) is 0 Å². The number of aryl methyl sites for hydroxylation is 1. The first-order chi connectivity index (χ1) is 8.22. The molecule has 0 unspecified atom stereocenters. The van der Waals surface area contributed by atoms with Crippen molar-refractivity contribution in [2.24, 2.45) is 0 Å². The van der Waals surface area contributed by atoms with Gasteiger partial charge < -0.3 is 15.7 Å². The number of fused-ring (bicyclic) bond motifs is 1. The molecule has 1 aliphatic rings. The summed E-state index contributed by atoms with van der Waals surface area (Å²) in [5.41, 5.74) is 8.59. The topological polar surface area (TPSA) is 66.6 Å². The minimum atomic E-state index is 0.105. The zero-order valence-electron chi connectivity index (χ0n) is 9.85. The van der Waals surface area contributed by atoms with E-state index in [1.165, 1.54) is 0 Å². The average molecular weight is 234 g/mol. The van der Waals surface area contributed by atoms with Crippen LogP contribution in [0.4, 0.5) is 11.4 Å². The quantitative estimate of drug-likeness (QED) is 0.775. The predicted molar refractivity (Wildman–Crippen MR) is 67.8 cm³/mol. The Bertz CT molecular complexity index is 418. The van der Waals surface area contributed by atoms with Gasteiger partial charge in [0.15, 0.2) is 0 Å². The third-order valence-electron chi connectivity index (χ3n) is 3.07. The lowest BCUT2D eigenvalue weighted by molar-refractivity contribution is -0.118. The van der Waals surface area contributed by atoms with E-state index >= 15 is 0 Å². The Morgan fingerprint density at radius 3 is 2.94 bits per heavy atom. The molecule has 1 aromatic carbocycles. The molecule has 1 heterocycles. The number of hydrogen-bond donors (Lipinski definition) is 2. The molecule has 0 bridgehead atoms. The first-order valence-electron chi connectivity index (χ1n) is 6.02. The smallest absolute Gasteiger partial charge is 0.226 e. The third-order valence-corrected chi connectivity index (χ3v) is 3.07. The van der Waals surface area contributed by atoms with E-state index in [1.807, 2.05) is 18.2 Å². The average Bonchev–Trinajstić information content (AvgIpc) is 2.45. The van der Waals surface area contributed by atoms with Crippen molar-refractivity contribution in [3.8, 4) is 0 Å². The van der Waals surface area contributed by atoms with Crippen LogP contribution in [0.15, 0.2) is 18.2 Å². The van der Waals surface area contributed by atoms with E-state index in [0.717, 1.165) is 29.8 Å². The third kappa shape index (κ3) is 2.58. The zero-order valence-corrected chi connectivity index (χ0v) is 9.85. The second-order valence-corrected chi connectivity index (χ2v) is 4.36. The Balaban J connectivity index is 2.33. The SMILES string of the molecule is Nc1ccc2c(c1)CCCC(=O)N2CCCO. The Hall–Kier alpha value is -1.55. The minimum absolute atomic E-state index is 0.105. The molecule has 3 N–H and O–H groups in total. The Morgan fingerprint density at radius 1 is 1.35 bits per heavy atom. The number of hydrogen-bond acceptors (Lipinski definition) is 3. The van der Waals surface area contributed by atoms with Crippen molar-refractivity contribution in [1.82, 2.24) is 0 Å². The van der Waals surface area contributed by atoms with E-state index in [4.69, 9.17) is 10.8 Å². The monoisotopic (exact) mass is 234 g/mol. The highest BCUT2D eigenvalue weighted by Gasteiger charge is 2.21. The molecule has 0 fully saturated rings. The second kappa shape index (κ2) is 5.19. The highest BCUT2D eigenvalue weighted by molar-refractivity contribution is 5.95. The van der Waals surface area contributed by atoms with Crippen LogP contribution in [0.1, 0.15) is 24.8 Å². The fourth-order valence-electron chi connectivity index (χ4n) is 2.24. The van der Waals surface area contributed by atoms with Gasteiger partial charge >= 0.3 is 0 Å². The van der Waals surface area contributed by atoms with E-state index in [-0.39, 0.29) is 12.5 Å². The van der Waals surface area contributed by atoms with Crippen LogP contribution >= 0.6 is 0 Å². The lowest BCUT2D eigenvalue weighted by Crippen LogP contribution is -2.31. The molecular weight excluding hydrogens is 216 g/mol. The van der Waals surface area contributed by atoms with E-state index in [2.05, 4.69) is 0 Å². The molecule has 0 aromatic heterocycles. The van der Waals surface area contributed by atoms with Crippen LogP contribution in [0.2, 0.25) is 0 Å². The van der Waals surface area contributed by atoms with Crippen LogP contribution in [0.25, 0.3) is 0 Å². The molecule has 0 saturated carbocycles. The lowest BCUT2D eigenvalue weighted by atomic mass is 10.1. The second-order valence-electron chi connectivity index (χ2n) is 4.36. The summed E-state index contributed by atoms with van der Waals surface area (Å²) in [4.78, 5) is 13.8. The van der Waals surface area contributed by atoms with Gasteiger partial charge in [-0.25, -0.2) is 0 Å². The van der Waals surface area contributed by atoms with Gasteiger partial charge in [-0.15, -0.1) is 0 Å². The van der Waals surface area contributed by atoms with Crippen molar-refractivity contribution < 1.29 is 9.90 Å². The molecule has 0 radical (unpaired) electrons. The first kappa shape index (κ1) is 11.9. The highest BCUT2D eigenvalue weighted by atomic mass is 16.3. The van der Waals surface area contributed by atoms with Crippen molar-refractivity contribution in [3.63, 3.8) is 0 Å². The molecule has 1 aromatic rings. The number of benzene rings is 1. The zero-order chi connectivity index (χ0) is 12.3. The van der Waals surface area contributed by atoms with Gasteiger partial charge in [-0.05, 0) is 43.0 Å². The number of aliphatic hydroxyl groups excluding tert-OH is 1. The standard InChI is InChI=1S/C13H18N2O2/c14-11-5-6-12-10(9-11)3-1-4-13(17)15(12)7-2-8-16/h5-6,9,16H,1-4,7-8,14H2. The minimum Gasteiger partial charge on any atom is -0.399 e. The van der Waals surface area contributed by atoms with Crippen LogP contribution in [0, 0.1) is 0 Å². The number of carbonyl (C=O) groups is 1. The Labute approximate surface area is 101 Å². The Morgan fingerprint density at radius 2 is 2.18 bits per heavy atom. The molecule has 92 valence electrons. The summed E-state index contributed by atoms with van der Waals surface area (Å²) < 4.78 is 0. The maximum atomic E-state index is 12.0. The normalized spacial score (nSPS) is 15.6. The van der Waals surface area contributed by atoms with Gasteiger partial charge in [0, 0.05) is 30.9 Å². The number of aliphatic hydroxyl groups is 1. The van der Waals surface area contributed by atoms with E-state index in [1.54, 1.807) is 4.90 Å². The summed E-state index contributed by atoms with van der Waals surface area (Å²) in [6, 6.07) is 5.68. The number of amides is 1. The maximum absolute atomic E-state index is 12.0. The number of anilines is 2. The van der Waals surface area contributed by atoms with Gasteiger partial charge in [-0.3, -0.25) is 4.79 Å². The van der Waals surface area contributed by atoms with E-state index in [9.17, 15) is 4.79 Å². The van der Waals surface area contributed by atoms with Crippen LogP contribution in [-0.2, 0) is 11.2 Å². The van der Waals surface area contributed by atoms with Gasteiger partial charge in [0.25, 0.3) is 0 Å². The number of nitrogens with two attached hydrogens (primary N) is 1. The van der Waals surface area contributed by atoms with Gasteiger partial charge in [-0.1, -0.05) is 0 Å². The largest absolute Gasteiger partial charge is 0.399 e. The number of nitrogens with zero attached hydrogens (tertiary/aromatic N) is 1. The van der Waals surface area contributed by atoms with Gasteiger partial charge in [0.1, 0.15) is 0 Å². The fraction of sp³-hybridized carbons (Fsp3) is 0.462.